The molecule has 0 radical (unpaired) electrons. The molecule has 2 aromatic carbocycles. The summed E-state index contributed by atoms with van der Waals surface area (Å²) in [5.74, 6) is 0.0975. The van der Waals surface area contributed by atoms with Gasteiger partial charge in [0, 0.05) is 0 Å². The van der Waals surface area contributed by atoms with Gasteiger partial charge < -0.3 is 0 Å². The van der Waals surface area contributed by atoms with Crippen LogP contribution in [-0.2, 0) is 28.7 Å². The first-order valence-electron chi connectivity index (χ1n) is 10.2. The molecule has 2 rings (SSSR count). The second kappa shape index (κ2) is 9.73. The normalized spacial score (nSPS) is 11.7. The summed E-state index contributed by atoms with van der Waals surface area (Å²) in [6.45, 7) is 11.9. The molecule has 0 aromatic heterocycles. The Morgan fingerprint density at radius 3 is 1.28 bits per heavy atom. The summed E-state index contributed by atoms with van der Waals surface area (Å²) in [7, 11) is 0. The van der Waals surface area contributed by atoms with E-state index in [2.05, 4.69) is 34.9 Å². The maximum absolute atomic E-state index is 12.3. The molecule has 2 amide bonds. The maximum atomic E-state index is 12.3. The summed E-state index contributed by atoms with van der Waals surface area (Å²) in [6, 6.07) is 16.3. The van der Waals surface area contributed by atoms with Crippen molar-refractivity contribution >= 4 is 30.9 Å². The number of hydrogen-bond donors (Lipinski definition) is 2. The number of hydrogen-bond acceptors (Lipinski definition) is 2. The molecule has 0 aliphatic carbocycles. The summed E-state index contributed by atoms with van der Waals surface area (Å²) in [4.78, 5) is 24.6. The van der Waals surface area contributed by atoms with E-state index in [1.807, 2.05) is 65.8 Å². The first-order valence-corrected chi connectivity index (χ1v) is 11.7. The van der Waals surface area contributed by atoms with Crippen LogP contribution in [0.2, 0.25) is 0 Å². The van der Waals surface area contributed by atoms with Gasteiger partial charge in [0.15, 0.2) is 0 Å². The van der Waals surface area contributed by atoms with Gasteiger partial charge in [-0.3, -0.25) is 0 Å². The first-order chi connectivity index (χ1) is 13.6. The Labute approximate surface area is 183 Å². The molecule has 0 aliphatic rings. The molecule has 154 valence electrons. The third-order valence-electron chi connectivity index (χ3n) is 5.57. The van der Waals surface area contributed by atoms with Crippen molar-refractivity contribution in [2.45, 2.75) is 54.4 Å². The Bertz CT molecular complexity index is 769. The van der Waals surface area contributed by atoms with E-state index >= 15 is 0 Å². The van der Waals surface area contributed by atoms with Crippen LogP contribution in [0.3, 0.4) is 0 Å². The van der Waals surface area contributed by atoms with Crippen molar-refractivity contribution in [2.24, 2.45) is 10.8 Å². The van der Waals surface area contributed by atoms with Crippen molar-refractivity contribution < 1.29 is 28.7 Å². The van der Waals surface area contributed by atoms with Crippen molar-refractivity contribution in [1.82, 2.24) is 0 Å². The molecular formula is C24H32N2O2Ti. The fourth-order valence-corrected chi connectivity index (χ4v) is 3.92. The Morgan fingerprint density at radius 2 is 1.00 bits per heavy atom. The van der Waals surface area contributed by atoms with Crippen molar-refractivity contribution in [3.05, 3.63) is 48.5 Å². The summed E-state index contributed by atoms with van der Waals surface area (Å²) in [6.07, 6.45) is 1.60. The van der Waals surface area contributed by atoms with Crippen molar-refractivity contribution in [3.63, 3.8) is 0 Å². The molecule has 0 saturated heterocycles. The van der Waals surface area contributed by atoms with Gasteiger partial charge in [0.1, 0.15) is 0 Å². The standard InChI is InChI=1S/2C12H16NO.Ti/c2*1-4-12(2,3)11(14)13-10-8-6-5-7-9-10;/h2*6-9H,4H2,1-3H3,(H,13,14);. The fourth-order valence-electron chi connectivity index (χ4n) is 2.36. The Balaban J connectivity index is 1.97. The third-order valence-corrected chi connectivity index (χ3v) is 7.51. The molecule has 0 atom stereocenters. The van der Waals surface area contributed by atoms with Gasteiger partial charge >= 0.3 is 184 Å². The fraction of sp³-hybridized carbons (Fsp3) is 0.417. The van der Waals surface area contributed by atoms with Crippen LogP contribution in [0, 0.1) is 10.8 Å². The summed E-state index contributed by atoms with van der Waals surface area (Å²) >= 11 is -0.469. The van der Waals surface area contributed by atoms with E-state index in [0.29, 0.717) is 0 Å². The zero-order chi connectivity index (χ0) is 21.7. The molecule has 29 heavy (non-hydrogen) atoms. The van der Waals surface area contributed by atoms with E-state index < -0.39 is 19.2 Å². The van der Waals surface area contributed by atoms with Crippen LogP contribution in [-0.4, -0.2) is 11.8 Å². The van der Waals surface area contributed by atoms with Crippen LogP contribution < -0.4 is 18.4 Å². The summed E-state index contributed by atoms with van der Waals surface area (Å²) < 4.78 is 2.59. The van der Waals surface area contributed by atoms with Gasteiger partial charge in [-0.15, -0.1) is 0 Å². The quantitative estimate of drug-likeness (QED) is 0.610. The van der Waals surface area contributed by atoms with E-state index in [1.54, 1.807) is 0 Å². The average molecular weight is 428 g/mol. The zero-order valence-corrected chi connectivity index (χ0v) is 19.9. The second-order valence-electron chi connectivity index (χ2n) is 8.66. The van der Waals surface area contributed by atoms with Gasteiger partial charge in [-0.05, 0) is 0 Å². The monoisotopic (exact) mass is 428 g/mol. The van der Waals surface area contributed by atoms with Crippen LogP contribution in [0.1, 0.15) is 54.4 Å². The minimum absolute atomic E-state index is 0.0488. The van der Waals surface area contributed by atoms with Crippen LogP contribution in [0.25, 0.3) is 0 Å². The molecule has 2 N–H and O–H groups in total. The molecule has 0 fully saturated rings. The van der Waals surface area contributed by atoms with Gasteiger partial charge in [-0.1, -0.05) is 0 Å². The summed E-state index contributed by atoms with van der Waals surface area (Å²) in [5, 5.41) is 6.00. The number of carbonyl (C=O) groups is 2. The number of rotatable bonds is 8. The van der Waals surface area contributed by atoms with Gasteiger partial charge in [-0.25, -0.2) is 0 Å². The van der Waals surface area contributed by atoms with Gasteiger partial charge in [0.2, 0.25) is 0 Å². The number of carbonyl (C=O) groups excluding carboxylic acids is 2. The Kier molecular flexibility index (Phi) is 7.84. The van der Waals surface area contributed by atoms with Crippen LogP contribution in [0.15, 0.2) is 48.5 Å². The van der Waals surface area contributed by atoms with E-state index in [9.17, 15) is 9.59 Å². The predicted molar refractivity (Wildman–Crippen MR) is 118 cm³/mol. The molecule has 4 nitrogen and oxygen atoms in total. The predicted octanol–water partition coefficient (Wildman–Crippen LogP) is 4.47. The Hall–Kier alpha value is -1.91. The van der Waals surface area contributed by atoms with Crippen LogP contribution >= 0.6 is 0 Å². The molecule has 2 aromatic rings. The van der Waals surface area contributed by atoms with Crippen molar-refractivity contribution in [3.8, 4) is 0 Å². The van der Waals surface area contributed by atoms with Crippen molar-refractivity contribution in [1.29, 1.82) is 0 Å². The van der Waals surface area contributed by atoms with E-state index in [0.717, 1.165) is 24.2 Å². The first kappa shape index (κ1) is 23.4. The van der Waals surface area contributed by atoms with E-state index in [-0.39, 0.29) is 22.6 Å². The van der Waals surface area contributed by atoms with Gasteiger partial charge in [0.05, 0.1) is 0 Å². The van der Waals surface area contributed by atoms with Gasteiger partial charge in [-0.2, -0.15) is 0 Å². The average Bonchev–Trinajstić information content (AvgIpc) is 2.70. The van der Waals surface area contributed by atoms with E-state index in [1.165, 1.54) is 7.74 Å². The van der Waals surface area contributed by atoms with Crippen LogP contribution in [0.4, 0.5) is 11.4 Å². The summed E-state index contributed by atoms with van der Waals surface area (Å²) in [5.41, 5.74) is 0.943. The zero-order valence-electron chi connectivity index (χ0n) is 18.3. The van der Waals surface area contributed by atoms with Crippen LogP contribution in [0.5, 0.6) is 0 Å². The molecular weight excluding hydrogens is 396 g/mol. The topological polar surface area (TPSA) is 58.2 Å². The SMILES string of the molecule is CCC(C)(C)C(=O)Nc1cc[c]([Ti][c]2ccc(NC(=O)C(C)(C)CC)cc2)cc1. The number of anilines is 2. The minimum atomic E-state index is -0.469. The molecule has 0 unspecified atom stereocenters. The Morgan fingerprint density at radius 1 is 0.690 bits per heavy atom. The number of nitrogens with one attached hydrogen (secondary N) is 2. The molecule has 5 heteroatoms. The molecule has 0 bridgehead atoms. The third kappa shape index (κ3) is 6.55. The van der Waals surface area contributed by atoms with Gasteiger partial charge in [0.25, 0.3) is 0 Å². The van der Waals surface area contributed by atoms with E-state index in [4.69, 9.17) is 0 Å². The number of amides is 2. The molecule has 0 heterocycles. The van der Waals surface area contributed by atoms with Crippen molar-refractivity contribution in [2.75, 3.05) is 10.6 Å². The molecule has 0 spiro atoms. The number of benzene rings is 2. The molecule has 0 aliphatic heterocycles. The molecule has 0 saturated carbocycles. The second-order valence-corrected chi connectivity index (χ2v) is 10.9.